The van der Waals surface area contributed by atoms with Gasteiger partial charge >= 0.3 is 12.1 Å². The lowest BCUT2D eigenvalue weighted by Gasteiger charge is -2.09. The minimum atomic E-state index is -4.38. The van der Waals surface area contributed by atoms with E-state index in [0.29, 0.717) is 5.56 Å². The number of carboxylic acid groups (broad SMARTS) is 1. The second kappa shape index (κ2) is 8.38. The SMILES string of the molecule is O=C(CCc1ccccc1C(=O)O)NCCOCC(F)(F)F. The molecule has 22 heavy (non-hydrogen) atoms. The first-order valence-electron chi connectivity index (χ1n) is 6.52. The Morgan fingerprint density at radius 1 is 1.23 bits per heavy atom. The Kier molecular flexibility index (Phi) is 6.84. The van der Waals surface area contributed by atoms with Gasteiger partial charge in [-0.3, -0.25) is 4.79 Å². The van der Waals surface area contributed by atoms with Crippen LogP contribution in [0.25, 0.3) is 0 Å². The van der Waals surface area contributed by atoms with Crippen molar-refractivity contribution in [3.63, 3.8) is 0 Å². The highest BCUT2D eigenvalue weighted by Crippen LogP contribution is 2.14. The Hall–Kier alpha value is -2.09. The van der Waals surface area contributed by atoms with Crippen LogP contribution in [0.1, 0.15) is 22.3 Å². The number of hydrogen-bond acceptors (Lipinski definition) is 3. The molecule has 8 heteroatoms. The third-order valence-corrected chi connectivity index (χ3v) is 2.70. The molecule has 0 heterocycles. The first-order chi connectivity index (χ1) is 10.3. The van der Waals surface area contributed by atoms with Gasteiger partial charge in [-0.1, -0.05) is 18.2 Å². The van der Waals surface area contributed by atoms with Gasteiger partial charge in [0.15, 0.2) is 0 Å². The molecule has 1 amide bonds. The van der Waals surface area contributed by atoms with Gasteiger partial charge in [-0.25, -0.2) is 4.79 Å². The lowest BCUT2D eigenvalue weighted by molar-refractivity contribution is -0.173. The highest BCUT2D eigenvalue weighted by Gasteiger charge is 2.27. The number of hydrogen-bond donors (Lipinski definition) is 2. The van der Waals surface area contributed by atoms with E-state index in [1.807, 2.05) is 0 Å². The molecule has 0 radical (unpaired) electrons. The third kappa shape index (κ3) is 7.07. The summed E-state index contributed by atoms with van der Waals surface area (Å²) in [7, 11) is 0. The van der Waals surface area contributed by atoms with Crippen molar-refractivity contribution in [2.24, 2.45) is 0 Å². The predicted molar refractivity (Wildman–Crippen MR) is 71.6 cm³/mol. The number of aromatic carboxylic acids is 1. The average molecular weight is 319 g/mol. The maximum absolute atomic E-state index is 11.8. The number of amides is 1. The van der Waals surface area contributed by atoms with Crippen LogP contribution >= 0.6 is 0 Å². The average Bonchev–Trinajstić information content (AvgIpc) is 2.43. The van der Waals surface area contributed by atoms with E-state index in [1.54, 1.807) is 18.2 Å². The second-order valence-electron chi connectivity index (χ2n) is 4.48. The van der Waals surface area contributed by atoms with Crippen molar-refractivity contribution in [3.05, 3.63) is 35.4 Å². The summed E-state index contributed by atoms with van der Waals surface area (Å²) in [6.07, 6.45) is -4.11. The van der Waals surface area contributed by atoms with Crippen molar-refractivity contribution in [3.8, 4) is 0 Å². The summed E-state index contributed by atoms with van der Waals surface area (Å²) in [6, 6.07) is 6.32. The van der Waals surface area contributed by atoms with Crippen molar-refractivity contribution < 1.29 is 32.6 Å². The van der Waals surface area contributed by atoms with Crippen LogP contribution in [0, 0.1) is 0 Å². The van der Waals surface area contributed by atoms with Gasteiger partial charge in [0.25, 0.3) is 0 Å². The van der Waals surface area contributed by atoms with Crippen molar-refractivity contribution >= 4 is 11.9 Å². The molecular weight excluding hydrogens is 303 g/mol. The molecule has 0 spiro atoms. The fourth-order valence-corrected chi connectivity index (χ4v) is 1.73. The zero-order valence-corrected chi connectivity index (χ0v) is 11.7. The van der Waals surface area contributed by atoms with E-state index in [4.69, 9.17) is 5.11 Å². The number of carbonyl (C=O) groups excluding carboxylic acids is 1. The molecule has 0 bridgehead atoms. The van der Waals surface area contributed by atoms with E-state index in [0.717, 1.165) is 0 Å². The first kappa shape index (κ1) is 18.0. The molecule has 0 fully saturated rings. The molecule has 0 saturated heterocycles. The summed E-state index contributed by atoms with van der Waals surface area (Å²) in [4.78, 5) is 22.5. The standard InChI is InChI=1S/C14H16F3NO4/c15-14(16,17)9-22-8-7-18-12(19)6-5-10-3-1-2-4-11(10)13(20)21/h1-4H,5-9H2,(H,18,19)(H,20,21). The Morgan fingerprint density at radius 3 is 2.55 bits per heavy atom. The normalized spacial score (nSPS) is 11.2. The van der Waals surface area contributed by atoms with Gasteiger partial charge in [0.1, 0.15) is 6.61 Å². The molecule has 0 aliphatic rings. The van der Waals surface area contributed by atoms with Crippen LogP contribution in [0.2, 0.25) is 0 Å². The number of rotatable bonds is 8. The number of nitrogens with one attached hydrogen (secondary N) is 1. The lowest BCUT2D eigenvalue weighted by Crippen LogP contribution is -2.29. The van der Waals surface area contributed by atoms with Crippen molar-refractivity contribution in [1.29, 1.82) is 0 Å². The number of aryl methyl sites for hydroxylation is 1. The maximum atomic E-state index is 11.8. The van der Waals surface area contributed by atoms with E-state index >= 15 is 0 Å². The fraction of sp³-hybridized carbons (Fsp3) is 0.429. The van der Waals surface area contributed by atoms with Gasteiger partial charge in [0.05, 0.1) is 12.2 Å². The zero-order valence-electron chi connectivity index (χ0n) is 11.7. The van der Waals surface area contributed by atoms with E-state index in [9.17, 15) is 22.8 Å². The molecule has 1 rings (SSSR count). The number of benzene rings is 1. The van der Waals surface area contributed by atoms with E-state index in [-0.39, 0.29) is 37.5 Å². The first-order valence-corrected chi connectivity index (χ1v) is 6.52. The monoisotopic (exact) mass is 319 g/mol. The van der Waals surface area contributed by atoms with E-state index < -0.39 is 18.8 Å². The minimum Gasteiger partial charge on any atom is -0.478 e. The fourth-order valence-electron chi connectivity index (χ4n) is 1.73. The smallest absolute Gasteiger partial charge is 0.411 e. The van der Waals surface area contributed by atoms with E-state index in [2.05, 4.69) is 10.1 Å². The number of alkyl halides is 3. The Bertz CT molecular complexity index is 517. The number of carboxylic acids is 1. The van der Waals surface area contributed by atoms with Crippen molar-refractivity contribution in [2.45, 2.75) is 19.0 Å². The van der Waals surface area contributed by atoms with Crippen molar-refractivity contribution in [1.82, 2.24) is 5.32 Å². The molecular formula is C14H16F3NO4. The summed E-state index contributed by atoms with van der Waals surface area (Å²) >= 11 is 0. The predicted octanol–water partition coefficient (Wildman–Crippen LogP) is 2.01. The number of ether oxygens (including phenoxy) is 1. The van der Waals surface area contributed by atoms with Crippen LogP contribution in [-0.2, 0) is 16.0 Å². The maximum Gasteiger partial charge on any atom is 0.411 e. The number of carbonyl (C=O) groups is 2. The summed E-state index contributed by atoms with van der Waals surface area (Å²) in [5.41, 5.74) is 0.655. The molecule has 0 unspecified atom stereocenters. The van der Waals surface area contributed by atoms with Crippen molar-refractivity contribution in [2.75, 3.05) is 19.8 Å². The second-order valence-corrected chi connectivity index (χ2v) is 4.48. The number of halogens is 3. The van der Waals surface area contributed by atoms with Gasteiger partial charge < -0.3 is 15.2 Å². The Morgan fingerprint density at radius 2 is 1.91 bits per heavy atom. The van der Waals surface area contributed by atoms with Crippen LogP contribution in [0.3, 0.4) is 0 Å². The van der Waals surface area contributed by atoms with Crippen LogP contribution in [0.15, 0.2) is 24.3 Å². The van der Waals surface area contributed by atoms with Crippen LogP contribution in [0.5, 0.6) is 0 Å². The molecule has 0 saturated carbocycles. The summed E-state index contributed by atoms with van der Waals surface area (Å²) in [6.45, 7) is -1.62. The van der Waals surface area contributed by atoms with Gasteiger partial charge in [0.2, 0.25) is 5.91 Å². The molecule has 2 N–H and O–H groups in total. The third-order valence-electron chi connectivity index (χ3n) is 2.70. The van der Waals surface area contributed by atoms with Crippen LogP contribution in [0.4, 0.5) is 13.2 Å². The quantitative estimate of drug-likeness (QED) is 0.719. The Balaban J connectivity index is 2.28. The minimum absolute atomic E-state index is 0.0323. The highest BCUT2D eigenvalue weighted by atomic mass is 19.4. The molecule has 0 aliphatic heterocycles. The summed E-state index contributed by atoms with van der Waals surface area (Å²) in [5, 5.41) is 11.4. The zero-order chi connectivity index (χ0) is 16.6. The molecule has 122 valence electrons. The van der Waals surface area contributed by atoms with Gasteiger partial charge in [0, 0.05) is 13.0 Å². The molecule has 0 atom stereocenters. The van der Waals surface area contributed by atoms with Gasteiger partial charge in [-0.2, -0.15) is 13.2 Å². The molecule has 0 aliphatic carbocycles. The van der Waals surface area contributed by atoms with E-state index in [1.165, 1.54) is 6.07 Å². The topological polar surface area (TPSA) is 75.6 Å². The molecule has 1 aromatic rings. The van der Waals surface area contributed by atoms with Crippen LogP contribution in [-0.4, -0.2) is 42.9 Å². The van der Waals surface area contributed by atoms with Gasteiger partial charge in [-0.05, 0) is 18.1 Å². The molecule has 5 nitrogen and oxygen atoms in total. The molecule has 0 aromatic heterocycles. The Labute approximate surface area is 125 Å². The van der Waals surface area contributed by atoms with Crippen LogP contribution < -0.4 is 5.32 Å². The highest BCUT2D eigenvalue weighted by molar-refractivity contribution is 5.89. The summed E-state index contributed by atoms with van der Waals surface area (Å²) in [5.74, 6) is -1.45. The largest absolute Gasteiger partial charge is 0.478 e. The van der Waals surface area contributed by atoms with Gasteiger partial charge in [-0.15, -0.1) is 0 Å². The summed E-state index contributed by atoms with van der Waals surface area (Å²) < 4.78 is 39.7. The lowest BCUT2D eigenvalue weighted by atomic mass is 10.0. The molecule has 1 aromatic carbocycles.